The summed E-state index contributed by atoms with van der Waals surface area (Å²) in [5.74, 6) is 1.68. The van der Waals surface area contributed by atoms with Gasteiger partial charge in [0.05, 0.1) is 11.4 Å². The molecule has 1 unspecified atom stereocenters. The average molecular weight is 383 g/mol. The highest BCUT2D eigenvalue weighted by atomic mass is 16.5. The number of aromatic nitrogens is 2. The fraction of sp³-hybridized carbons (Fsp3) is 0.545. The van der Waals surface area contributed by atoms with Gasteiger partial charge in [0.2, 0.25) is 5.91 Å². The van der Waals surface area contributed by atoms with Crippen molar-refractivity contribution in [2.24, 2.45) is 5.92 Å². The van der Waals surface area contributed by atoms with E-state index in [1.807, 2.05) is 24.1 Å². The number of carbonyl (C=O) groups excluding carboxylic acids is 1. The normalized spacial score (nSPS) is 20.7. The molecule has 1 amide bonds. The number of amides is 1. The van der Waals surface area contributed by atoms with E-state index in [0.29, 0.717) is 19.1 Å². The van der Waals surface area contributed by atoms with Gasteiger partial charge in [-0.1, -0.05) is 13.8 Å². The van der Waals surface area contributed by atoms with Crippen molar-refractivity contribution in [1.82, 2.24) is 14.5 Å². The lowest BCUT2D eigenvalue weighted by molar-refractivity contribution is -0.135. The maximum absolute atomic E-state index is 12.7. The first-order chi connectivity index (χ1) is 13.6. The summed E-state index contributed by atoms with van der Waals surface area (Å²) in [6, 6.07) is 8.46. The number of likely N-dealkylation sites (tertiary alicyclic amines) is 1. The van der Waals surface area contributed by atoms with E-state index in [1.54, 1.807) is 0 Å². The lowest BCUT2D eigenvalue weighted by atomic mass is 9.88. The molecule has 1 saturated heterocycles. The SMILES string of the molecule is CCOCC(=O)N1CCC2(C1)c1cccn1-c1ncccc1N2CCC(C)C. The van der Waals surface area contributed by atoms with Gasteiger partial charge in [0, 0.05) is 38.6 Å². The number of fused-ring (bicyclic) bond motifs is 4. The van der Waals surface area contributed by atoms with Gasteiger partial charge in [0.25, 0.3) is 0 Å². The van der Waals surface area contributed by atoms with Gasteiger partial charge in [-0.2, -0.15) is 0 Å². The molecule has 0 N–H and O–H groups in total. The van der Waals surface area contributed by atoms with Gasteiger partial charge >= 0.3 is 0 Å². The van der Waals surface area contributed by atoms with E-state index >= 15 is 0 Å². The summed E-state index contributed by atoms with van der Waals surface area (Å²) in [6.45, 7) is 9.57. The highest BCUT2D eigenvalue weighted by Gasteiger charge is 2.50. The molecule has 1 fully saturated rings. The van der Waals surface area contributed by atoms with Gasteiger partial charge in [-0.15, -0.1) is 0 Å². The molecule has 1 atom stereocenters. The second kappa shape index (κ2) is 7.59. The molecule has 2 aromatic heterocycles. The zero-order valence-electron chi connectivity index (χ0n) is 17.1. The maximum Gasteiger partial charge on any atom is 0.248 e. The Morgan fingerprint density at radius 3 is 2.96 bits per heavy atom. The van der Waals surface area contributed by atoms with Gasteiger partial charge in [-0.3, -0.25) is 4.79 Å². The first-order valence-corrected chi connectivity index (χ1v) is 10.3. The zero-order valence-corrected chi connectivity index (χ0v) is 17.1. The van der Waals surface area contributed by atoms with Gasteiger partial charge in [-0.05, 0) is 49.9 Å². The molecule has 28 heavy (non-hydrogen) atoms. The third-order valence-electron chi connectivity index (χ3n) is 5.99. The summed E-state index contributed by atoms with van der Waals surface area (Å²) in [7, 11) is 0. The molecule has 2 aromatic rings. The van der Waals surface area contributed by atoms with E-state index in [-0.39, 0.29) is 18.1 Å². The molecule has 4 rings (SSSR count). The number of carbonyl (C=O) groups is 1. The van der Waals surface area contributed by atoms with E-state index in [4.69, 9.17) is 4.74 Å². The number of hydrogen-bond donors (Lipinski definition) is 0. The molecule has 6 nitrogen and oxygen atoms in total. The molecule has 2 aliphatic heterocycles. The summed E-state index contributed by atoms with van der Waals surface area (Å²) in [6.07, 6.45) is 5.96. The van der Waals surface area contributed by atoms with Crippen LogP contribution in [0.5, 0.6) is 0 Å². The van der Waals surface area contributed by atoms with Crippen molar-refractivity contribution in [2.75, 3.05) is 37.7 Å². The molecular formula is C22H30N4O2. The number of anilines is 1. The van der Waals surface area contributed by atoms with Crippen molar-refractivity contribution in [1.29, 1.82) is 0 Å². The summed E-state index contributed by atoms with van der Waals surface area (Å²) in [5, 5.41) is 0. The molecule has 0 aliphatic carbocycles. The van der Waals surface area contributed by atoms with Crippen molar-refractivity contribution >= 4 is 11.6 Å². The predicted molar refractivity (Wildman–Crippen MR) is 110 cm³/mol. The van der Waals surface area contributed by atoms with Crippen molar-refractivity contribution in [3.8, 4) is 5.82 Å². The third-order valence-corrected chi connectivity index (χ3v) is 5.99. The van der Waals surface area contributed by atoms with Crippen LogP contribution in [0.1, 0.15) is 39.3 Å². The molecular weight excluding hydrogens is 352 g/mol. The summed E-state index contributed by atoms with van der Waals surface area (Å²) in [4.78, 5) is 21.8. The number of ether oxygens (including phenoxy) is 1. The molecule has 0 aromatic carbocycles. The minimum absolute atomic E-state index is 0.0811. The van der Waals surface area contributed by atoms with Crippen LogP contribution in [0.2, 0.25) is 0 Å². The summed E-state index contributed by atoms with van der Waals surface area (Å²) < 4.78 is 7.59. The van der Waals surface area contributed by atoms with Crippen LogP contribution in [0.3, 0.4) is 0 Å². The first kappa shape index (κ1) is 19.0. The smallest absolute Gasteiger partial charge is 0.248 e. The molecule has 2 aliphatic rings. The van der Waals surface area contributed by atoms with Crippen LogP contribution in [-0.4, -0.2) is 53.2 Å². The van der Waals surface area contributed by atoms with E-state index in [0.717, 1.165) is 37.4 Å². The molecule has 150 valence electrons. The third kappa shape index (κ3) is 3.09. The lowest BCUT2D eigenvalue weighted by Crippen LogP contribution is -2.53. The fourth-order valence-corrected chi connectivity index (χ4v) is 4.54. The summed E-state index contributed by atoms with van der Waals surface area (Å²) >= 11 is 0. The van der Waals surface area contributed by atoms with Crippen LogP contribution < -0.4 is 4.90 Å². The minimum Gasteiger partial charge on any atom is -0.372 e. The molecule has 0 saturated carbocycles. The Bertz CT molecular complexity index is 847. The Morgan fingerprint density at radius 2 is 2.18 bits per heavy atom. The Morgan fingerprint density at radius 1 is 1.32 bits per heavy atom. The van der Waals surface area contributed by atoms with Gasteiger partial charge in [0.1, 0.15) is 12.1 Å². The van der Waals surface area contributed by atoms with Gasteiger partial charge in [0.15, 0.2) is 5.82 Å². The lowest BCUT2D eigenvalue weighted by Gasteiger charge is -2.47. The minimum atomic E-state index is -0.212. The van der Waals surface area contributed by atoms with E-state index in [1.165, 1.54) is 5.69 Å². The van der Waals surface area contributed by atoms with Crippen LogP contribution in [0, 0.1) is 5.92 Å². The topological polar surface area (TPSA) is 50.6 Å². The molecule has 0 bridgehead atoms. The number of rotatable bonds is 6. The second-order valence-electron chi connectivity index (χ2n) is 8.18. The van der Waals surface area contributed by atoms with E-state index < -0.39 is 0 Å². The molecule has 0 radical (unpaired) electrons. The monoisotopic (exact) mass is 382 g/mol. The van der Waals surface area contributed by atoms with E-state index in [2.05, 4.69) is 52.7 Å². The van der Waals surface area contributed by atoms with Crippen LogP contribution in [0.15, 0.2) is 36.7 Å². The van der Waals surface area contributed by atoms with Crippen molar-refractivity contribution in [2.45, 2.75) is 39.2 Å². The Kier molecular flexibility index (Phi) is 5.15. The summed E-state index contributed by atoms with van der Waals surface area (Å²) in [5.41, 5.74) is 2.18. The van der Waals surface area contributed by atoms with Crippen LogP contribution in [-0.2, 0) is 15.1 Å². The van der Waals surface area contributed by atoms with Crippen molar-refractivity contribution < 1.29 is 9.53 Å². The molecule has 4 heterocycles. The zero-order chi connectivity index (χ0) is 19.7. The maximum atomic E-state index is 12.7. The Hall–Kier alpha value is -2.34. The van der Waals surface area contributed by atoms with Crippen LogP contribution in [0.4, 0.5) is 5.69 Å². The largest absolute Gasteiger partial charge is 0.372 e. The fourth-order valence-electron chi connectivity index (χ4n) is 4.54. The quantitative estimate of drug-likeness (QED) is 0.770. The second-order valence-corrected chi connectivity index (χ2v) is 8.18. The van der Waals surface area contributed by atoms with Crippen LogP contribution >= 0.6 is 0 Å². The van der Waals surface area contributed by atoms with Gasteiger partial charge in [-0.25, -0.2) is 4.98 Å². The van der Waals surface area contributed by atoms with E-state index in [9.17, 15) is 4.79 Å². The first-order valence-electron chi connectivity index (χ1n) is 10.3. The standard InChI is InChI=1S/C22H30N4O2/c1-4-28-15-20(27)24-14-10-22(16-24)19-8-6-12-25(19)21-18(7-5-11-23-21)26(22)13-9-17(2)3/h5-8,11-12,17H,4,9-10,13-16H2,1-3H3. The number of nitrogens with zero attached hydrogens (tertiary/aromatic N) is 4. The van der Waals surface area contributed by atoms with Crippen LogP contribution in [0.25, 0.3) is 5.82 Å². The highest BCUT2D eigenvalue weighted by molar-refractivity contribution is 5.78. The molecule has 1 spiro atoms. The van der Waals surface area contributed by atoms with Gasteiger partial charge < -0.3 is 19.1 Å². The van der Waals surface area contributed by atoms with Crippen molar-refractivity contribution in [3.63, 3.8) is 0 Å². The number of hydrogen-bond acceptors (Lipinski definition) is 4. The average Bonchev–Trinajstić information content (AvgIpc) is 3.34. The Labute approximate surface area is 167 Å². The Balaban J connectivity index is 1.73. The molecule has 6 heteroatoms. The highest BCUT2D eigenvalue weighted by Crippen LogP contribution is 2.47. The number of pyridine rings is 1. The predicted octanol–water partition coefficient (Wildman–Crippen LogP) is 3.20. The van der Waals surface area contributed by atoms with Crippen molar-refractivity contribution in [3.05, 3.63) is 42.4 Å².